The number of nitrogens with two attached hydrogens (primary N) is 2. The molecule has 6 rings (SSSR count). The summed E-state index contributed by atoms with van der Waals surface area (Å²) in [4.78, 5) is 29.7. The first-order chi connectivity index (χ1) is 23.1. The Balaban J connectivity index is 1.41. The van der Waals surface area contributed by atoms with Crippen LogP contribution >= 0.6 is 0 Å². The van der Waals surface area contributed by atoms with Gasteiger partial charge in [-0.2, -0.15) is 0 Å². The predicted molar refractivity (Wildman–Crippen MR) is 179 cm³/mol. The number of benzene rings is 1. The number of amides is 1. The zero-order valence-corrected chi connectivity index (χ0v) is 27.2. The van der Waals surface area contributed by atoms with Crippen LogP contribution < -0.4 is 21.7 Å². The minimum atomic E-state index is -2.87. The normalized spacial score (nSPS) is 19.0. The van der Waals surface area contributed by atoms with Crippen LogP contribution in [0.1, 0.15) is 62.3 Å². The molecule has 1 amide bonds. The number of carboxylic acid groups (broad SMARTS) is 1. The van der Waals surface area contributed by atoms with Crippen LogP contribution in [0.25, 0.3) is 16.8 Å². The van der Waals surface area contributed by atoms with Crippen molar-refractivity contribution in [1.82, 2.24) is 19.7 Å². The highest BCUT2D eigenvalue weighted by Crippen LogP contribution is 2.44. The van der Waals surface area contributed by atoms with Gasteiger partial charge < -0.3 is 45.9 Å². The molecule has 258 valence electrons. The van der Waals surface area contributed by atoms with Crippen molar-refractivity contribution in [3.8, 4) is 11.1 Å². The van der Waals surface area contributed by atoms with Gasteiger partial charge in [0.05, 0.1) is 23.6 Å². The molecule has 14 heteroatoms. The van der Waals surface area contributed by atoms with Crippen LogP contribution in [-0.2, 0) is 27.3 Å². The lowest BCUT2D eigenvalue weighted by molar-refractivity contribution is -0.137. The third-order valence-corrected chi connectivity index (χ3v) is 9.86. The lowest BCUT2D eigenvalue weighted by Gasteiger charge is -2.38. The number of nitrogen functional groups attached to an aromatic ring is 1. The number of aryl methyl sites for hydroxylation is 1. The Morgan fingerprint density at radius 2 is 1.85 bits per heavy atom. The number of amidine groups is 1. The van der Waals surface area contributed by atoms with Gasteiger partial charge in [0.2, 0.25) is 5.91 Å². The van der Waals surface area contributed by atoms with E-state index in [1.807, 2.05) is 4.90 Å². The maximum absolute atomic E-state index is 15.0. The number of hydrogen-bond donors (Lipinski definition) is 5. The lowest BCUT2D eigenvalue weighted by atomic mass is 9.91. The number of carboxylic acids is 1. The number of carbonyl (C=O) groups is 2. The van der Waals surface area contributed by atoms with E-state index in [1.165, 1.54) is 30.0 Å². The Kier molecular flexibility index (Phi) is 9.63. The van der Waals surface area contributed by atoms with Crippen molar-refractivity contribution >= 4 is 34.8 Å². The maximum Gasteiger partial charge on any atom is 0.323 e. The molecule has 12 nitrogen and oxygen atoms in total. The molecule has 0 saturated carbocycles. The van der Waals surface area contributed by atoms with E-state index in [0.29, 0.717) is 73.8 Å². The first-order valence-corrected chi connectivity index (χ1v) is 16.6. The second-order valence-corrected chi connectivity index (χ2v) is 12.9. The predicted octanol–water partition coefficient (Wildman–Crippen LogP) is 3.73. The average Bonchev–Trinajstić information content (AvgIpc) is 3.35. The highest BCUT2D eigenvalue weighted by atomic mass is 19.3. The number of likely N-dealkylation sites (tertiary alicyclic amines) is 1. The number of carbonyl (C=O) groups excluding carboxylic acids is 1. The molecule has 7 N–H and O–H groups in total. The summed E-state index contributed by atoms with van der Waals surface area (Å²) < 4.78 is 36.9. The summed E-state index contributed by atoms with van der Waals surface area (Å²) >= 11 is 0. The molecular weight excluding hydrogens is 622 g/mol. The molecule has 1 aromatic carbocycles. The average molecular weight is 667 g/mol. The van der Waals surface area contributed by atoms with Crippen LogP contribution in [0.3, 0.4) is 0 Å². The van der Waals surface area contributed by atoms with Crippen molar-refractivity contribution in [2.75, 3.05) is 56.6 Å². The van der Waals surface area contributed by atoms with Gasteiger partial charge in [-0.05, 0) is 55.4 Å². The van der Waals surface area contributed by atoms with Gasteiger partial charge in [0, 0.05) is 99.3 Å². The van der Waals surface area contributed by atoms with E-state index in [9.17, 15) is 28.9 Å². The SMILES string of the molecule is CC(=O)N1CCC(NC2CCOCC2)=C(C(=N)N2CCCc3cc(-c4cn(CC(=O)O)c(/C(=C\N)N5CCC5)c4N)c(C(F)F)cc32)C1. The van der Waals surface area contributed by atoms with Crippen molar-refractivity contribution in [3.05, 3.63) is 52.6 Å². The Morgan fingerprint density at radius 3 is 2.48 bits per heavy atom. The van der Waals surface area contributed by atoms with E-state index >= 15 is 0 Å². The monoisotopic (exact) mass is 666 g/mol. The number of nitrogens with one attached hydrogen (secondary N) is 2. The zero-order chi connectivity index (χ0) is 34.1. The maximum atomic E-state index is 15.0. The Bertz CT molecular complexity index is 1660. The van der Waals surface area contributed by atoms with Gasteiger partial charge >= 0.3 is 5.97 Å². The number of halogens is 2. The van der Waals surface area contributed by atoms with Crippen LogP contribution in [-0.4, -0.2) is 89.2 Å². The quantitative estimate of drug-likeness (QED) is 0.198. The number of rotatable bonds is 9. The Hall–Kier alpha value is -4.59. The minimum absolute atomic E-state index is 0.0809. The van der Waals surface area contributed by atoms with Crippen LogP contribution in [0, 0.1) is 5.41 Å². The van der Waals surface area contributed by atoms with Crippen LogP contribution in [0.5, 0.6) is 0 Å². The van der Waals surface area contributed by atoms with Crippen molar-refractivity contribution < 1.29 is 28.2 Å². The molecule has 4 aliphatic heterocycles. The van der Waals surface area contributed by atoms with E-state index in [0.717, 1.165) is 43.6 Å². The highest BCUT2D eigenvalue weighted by molar-refractivity contribution is 6.09. The third-order valence-electron chi connectivity index (χ3n) is 9.86. The number of aromatic nitrogens is 1. The molecule has 2 fully saturated rings. The number of ether oxygens (including phenoxy) is 1. The van der Waals surface area contributed by atoms with E-state index in [4.69, 9.17) is 16.2 Å². The fourth-order valence-electron chi connectivity index (χ4n) is 7.19. The molecule has 2 saturated heterocycles. The first kappa shape index (κ1) is 33.3. The summed E-state index contributed by atoms with van der Waals surface area (Å²) in [6.07, 6.45) is 4.53. The number of aliphatic carboxylic acids is 1. The second-order valence-electron chi connectivity index (χ2n) is 12.9. The van der Waals surface area contributed by atoms with E-state index in [1.54, 1.807) is 15.9 Å². The molecule has 0 radical (unpaired) electrons. The fraction of sp³-hybridized carbons (Fsp3) is 0.500. The molecule has 5 heterocycles. The molecule has 4 aliphatic rings. The van der Waals surface area contributed by atoms with Crippen molar-refractivity contribution in [2.24, 2.45) is 5.73 Å². The van der Waals surface area contributed by atoms with Gasteiger partial charge in [0.15, 0.2) is 0 Å². The number of anilines is 2. The molecule has 48 heavy (non-hydrogen) atoms. The van der Waals surface area contributed by atoms with Gasteiger partial charge in [-0.3, -0.25) is 15.0 Å². The molecule has 0 bridgehead atoms. The van der Waals surface area contributed by atoms with Crippen LogP contribution in [0.2, 0.25) is 0 Å². The summed E-state index contributed by atoms with van der Waals surface area (Å²) in [5.74, 6) is -0.994. The smallest absolute Gasteiger partial charge is 0.323 e. The van der Waals surface area contributed by atoms with E-state index < -0.39 is 18.9 Å². The van der Waals surface area contributed by atoms with E-state index in [2.05, 4.69) is 5.32 Å². The zero-order valence-electron chi connectivity index (χ0n) is 27.2. The van der Waals surface area contributed by atoms with Gasteiger partial charge in [-0.15, -0.1) is 0 Å². The topological polar surface area (TPSA) is 166 Å². The Morgan fingerprint density at radius 1 is 1.10 bits per heavy atom. The highest BCUT2D eigenvalue weighted by Gasteiger charge is 2.33. The standard InChI is InChI=1S/C34H44F2N8O4/c1-20(45)42-11-5-27(40-22-6-12-48-13-7-22)26(18-42)34(39)44-10-2-4-21-14-23(24(33(35)36)15-28(21)44)25-17-43(19-30(46)47)32(31(25)38)29(16-37)41-8-3-9-41/h14-17,22,33,39-40H,2-13,18-19,37-38H2,1H3,(H,46,47)/b29-16+,39-34?. The molecule has 1 aromatic heterocycles. The van der Waals surface area contributed by atoms with Crippen molar-refractivity contribution in [1.29, 1.82) is 5.41 Å². The van der Waals surface area contributed by atoms with Crippen molar-refractivity contribution in [3.63, 3.8) is 0 Å². The first-order valence-electron chi connectivity index (χ1n) is 16.6. The number of hydrogen-bond acceptors (Lipinski definition) is 8. The fourth-order valence-corrected chi connectivity index (χ4v) is 7.19. The largest absolute Gasteiger partial charge is 0.480 e. The van der Waals surface area contributed by atoms with Gasteiger partial charge in [0.25, 0.3) is 6.43 Å². The molecule has 0 unspecified atom stereocenters. The third kappa shape index (κ3) is 6.45. The summed E-state index contributed by atoms with van der Waals surface area (Å²) in [6, 6.07) is 3.36. The number of nitrogens with zero attached hydrogens (tertiary/aromatic N) is 4. The summed E-state index contributed by atoms with van der Waals surface area (Å²) in [6.45, 7) is 5.13. The Labute approximate surface area is 278 Å². The molecular formula is C34H44F2N8O4. The van der Waals surface area contributed by atoms with E-state index in [-0.39, 0.29) is 41.1 Å². The summed E-state index contributed by atoms with van der Waals surface area (Å²) in [7, 11) is 0. The van der Waals surface area contributed by atoms with Gasteiger partial charge in [0.1, 0.15) is 12.4 Å². The molecule has 0 atom stereocenters. The molecule has 0 spiro atoms. The number of fused-ring (bicyclic) bond motifs is 1. The van der Waals surface area contributed by atoms with Crippen LogP contribution in [0.4, 0.5) is 20.2 Å². The molecule has 0 aliphatic carbocycles. The van der Waals surface area contributed by atoms with Crippen molar-refractivity contribution in [2.45, 2.75) is 64.5 Å². The van der Waals surface area contributed by atoms with Gasteiger partial charge in [-0.25, -0.2) is 8.78 Å². The van der Waals surface area contributed by atoms with Gasteiger partial charge in [-0.1, -0.05) is 0 Å². The number of alkyl halides is 2. The van der Waals surface area contributed by atoms with Crippen LogP contribution in [0.15, 0.2) is 35.8 Å². The summed E-state index contributed by atoms with van der Waals surface area (Å²) in [5, 5.41) is 22.7. The summed E-state index contributed by atoms with van der Waals surface area (Å²) in [5.41, 5.74) is 17.0. The minimum Gasteiger partial charge on any atom is -0.480 e. The molecule has 2 aromatic rings. The second kappa shape index (κ2) is 13.9. The lowest BCUT2D eigenvalue weighted by Crippen LogP contribution is -2.46.